The quantitative estimate of drug-likeness (QED) is 0.566. The predicted octanol–water partition coefficient (Wildman–Crippen LogP) is 2.91. The van der Waals surface area contributed by atoms with Crippen LogP contribution in [0.3, 0.4) is 0 Å². The number of hydrogen-bond acceptors (Lipinski definition) is 6. The number of rotatable bonds is 9. The van der Waals surface area contributed by atoms with Gasteiger partial charge in [0.05, 0.1) is 6.42 Å². The van der Waals surface area contributed by atoms with Crippen LogP contribution < -0.4 is 10.6 Å². The van der Waals surface area contributed by atoms with Crippen LogP contribution in [0.2, 0.25) is 0 Å². The standard InChI is InChI=1S/C22H23N5O3/c28-19(2-1-3-21-26-22(27-30-21)16-10-12-23-13-11-16)24-17-6-4-15(5-7-17)14-20(29)25-18-8-9-18/h4-7,10-13,18H,1-3,8-9,14H2,(H,24,28)(H,25,29). The Morgan fingerprint density at radius 3 is 2.53 bits per heavy atom. The number of benzene rings is 1. The van der Waals surface area contributed by atoms with Crippen LogP contribution in [-0.4, -0.2) is 33.0 Å². The molecular weight excluding hydrogens is 382 g/mol. The van der Waals surface area contributed by atoms with Crippen LogP contribution >= 0.6 is 0 Å². The van der Waals surface area contributed by atoms with Crippen molar-refractivity contribution in [3.63, 3.8) is 0 Å². The zero-order chi connectivity index (χ0) is 20.8. The Morgan fingerprint density at radius 2 is 1.80 bits per heavy atom. The number of aromatic nitrogens is 3. The maximum atomic E-state index is 12.2. The van der Waals surface area contributed by atoms with Crippen molar-refractivity contribution in [2.45, 2.75) is 44.6 Å². The van der Waals surface area contributed by atoms with Crippen LogP contribution in [0.5, 0.6) is 0 Å². The highest BCUT2D eigenvalue weighted by molar-refractivity contribution is 5.90. The molecule has 1 aromatic carbocycles. The summed E-state index contributed by atoms with van der Waals surface area (Å²) in [6.07, 6.45) is 7.33. The van der Waals surface area contributed by atoms with E-state index in [0.29, 0.717) is 49.1 Å². The maximum absolute atomic E-state index is 12.2. The average molecular weight is 405 g/mol. The number of aryl methyl sites for hydroxylation is 1. The van der Waals surface area contributed by atoms with E-state index in [-0.39, 0.29) is 11.8 Å². The van der Waals surface area contributed by atoms with Crippen molar-refractivity contribution >= 4 is 17.5 Å². The molecule has 0 aliphatic heterocycles. The molecule has 1 fully saturated rings. The monoisotopic (exact) mass is 405 g/mol. The number of nitrogens with zero attached hydrogens (tertiary/aromatic N) is 3. The van der Waals surface area contributed by atoms with Crippen molar-refractivity contribution in [2.24, 2.45) is 0 Å². The molecule has 0 radical (unpaired) electrons. The van der Waals surface area contributed by atoms with Crippen LogP contribution in [-0.2, 0) is 22.4 Å². The summed E-state index contributed by atoms with van der Waals surface area (Å²) in [4.78, 5) is 32.3. The SMILES string of the molecule is O=C(CCCc1nc(-c2ccncc2)no1)Nc1ccc(CC(=O)NC2CC2)cc1. The van der Waals surface area contributed by atoms with E-state index in [2.05, 4.69) is 25.8 Å². The summed E-state index contributed by atoms with van der Waals surface area (Å²) in [5, 5.41) is 9.79. The highest BCUT2D eigenvalue weighted by atomic mass is 16.5. The smallest absolute Gasteiger partial charge is 0.226 e. The summed E-state index contributed by atoms with van der Waals surface area (Å²) in [6, 6.07) is 11.3. The van der Waals surface area contributed by atoms with E-state index in [1.807, 2.05) is 36.4 Å². The van der Waals surface area contributed by atoms with Gasteiger partial charge >= 0.3 is 0 Å². The summed E-state index contributed by atoms with van der Waals surface area (Å²) in [5.41, 5.74) is 2.47. The number of carbonyl (C=O) groups is 2. The van der Waals surface area contributed by atoms with Gasteiger partial charge in [0.2, 0.25) is 23.5 Å². The molecule has 3 aromatic rings. The van der Waals surface area contributed by atoms with Crippen molar-refractivity contribution in [1.82, 2.24) is 20.4 Å². The lowest BCUT2D eigenvalue weighted by Gasteiger charge is -2.07. The van der Waals surface area contributed by atoms with Crippen molar-refractivity contribution in [2.75, 3.05) is 5.32 Å². The maximum Gasteiger partial charge on any atom is 0.226 e. The average Bonchev–Trinajstić information content (AvgIpc) is 3.43. The van der Waals surface area contributed by atoms with E-state index in [0.717, 1.165) is 24.0 Å². The minimum Gasteiger partial charge on any atom is -0.353 e. The fraction of sp³-hybridized carbons (Fsp3) is 0.318. The Kier molecular flexibility index (Phi) is 6.12. The van der Waals surface area contributed by atoms with E-state index in [4.69, 9.17) is 4.52 Å². The van der Waals surface area contributed by atoms with Crippen LogP contribution in [0.25, 0.3) is 11.4 Å². The topological polar surface area (TPSA) is 110 Å². The number of amides is 2. The van der Waals surface area contributed by atoms with Crippen molar-refractivity contribution in [3.8, 4) is 11.4 Å². The lowest BCUT2D eigenvalue weighted by Crippen LogP contribution is -2.26. The van der Waals surface area contributed by atoms with Crippen LogP contribution in [0.15, 0.2) is 53.3 Å². The fourth-order valence-electron chi connectivity index (χ4n) is 3.00. The van der Waals surface area contributed by atoms with Gasteiger partial charge in [-0.1, -0.05) is 17.3 Å². The molecule has 1 aliphatic rings. The lowest BCUT2D eigenvalue weighted by molar-refractivity contribution is -0.120. The first-order valence-corrected chi connectivity index (χ1v) is 10.1. The highest BCUT2D eigenvalue weighted by Gasteiger charge is 2.23. The minimum atomic E-state index is -0.0805. The summed E-state index contributed by atoms with van der Waals surface area (Å²) >= 11 is 0. The van der Waals surface area contributed by atoms with Crippen LogP contribution in [0, 0.1) is 0 Å². The van der Waals surface area contributed by atoms with Crippen LogP contribution in [0.1, 0.15) is 37.1 Å². The molecule has 30 heavy (non-hydrogen) atoms. The molecule has 0 saturated heterocycles. The lowest BCUT2D eigenvalue weighted by atomic mass is 10.1. The van der Waals surface area contributed by atoms with E-state index >= 15 is 0 Å². The van der Waals surface area contributed by atoms with Gasteiger partial charge in [0.15, 0.2) is 0 Å². The zero-order valence-corrected chi connectivity index (χ0v) is 16.5. The third kappa shape index (κ3) is 5.73. The fourth-order valence-corrected chi connectivity index (χ4v) is 3.00. The van der Waals surface area contributed by atoms with Crippen molar-refractivity contribution in [1.29, 1.82) is 0 Å². The Balaban J connectivity index is 1.19. The molecule has 2 N–H and O–H groups in total. The summed E-state index contributed by atoms with van der Waals surface area (Å²) in [6.45, 7) is 0. The highest BCUT2D eigenvalue weighted by Crippen LogP contribution is 2.19. The molecule has 0 spiro atoms. The third-order valence-corrected chi connectivity index (χ3v) is 4.75. The van der Waals surface area contributed by atoms with Gasteiger partial charge in [0, 0.05) is 42.5 Å². The van der Waals surface area contributed by atoms with E-state index in [1.165, 1.54) is 0 Å². The van der Waals surface area contributed by atoms with Gasteiger partial charge in [-0.3, -0.25) is 14.6 Å². The Morgan fingerprint density at radius 1 is 1.03 bits per heavy atom. The molecule has 4 rings (SSSR count). The van der Waals surface area contributed by atoms with Gasteiger partial charge in [0.25, 0.3) is 0 Å². The second-order valence-corrected chi connectivity index (χ2v) is 7.36. The van der Waals surface area contributed by atoms with E-state index < -0.39 is 0 Å². The van der Waals surface area contributed by atoms with Crippen molar-refractivity contribution < 1.29 is 14.1 Å². The molecule has 0 unspecified atom stereocenters. The molecular formula is C22H23N5O3. The van der Waals surface area contributed by atoms with Gasteiger partial charge in [-0.15, -0.1) is 0 Å². The number of carbonyl (C=O) groups excluding carboxylic acids is 2. The van der Waals surface area contributed by atoms with Gasteiger partial charge in [-0.05, 0) is 49.1 Å². The Bertz CT molecular complexity index is 997. The Labute approximate surface area is 174 Å². The molecule has 0 bridgehead atoms. The van der Waals surface area contributed by atoms with Gasteiger partial charge in [-0.25, -0.2) is 0 Å². The normalized spacial score (nSPS) is 13.1. The first kappa shape index (κ1) is 19.8. The van der Waals surface area contributed by atoms with E-state index in [9.17, 15) is 9.59 Å². The summed E-state index contributed by atoms with van der Waals surface area (Å²) in [5.74, 6) is 0.983. The molecule has 154 valence electrons. The molecule has 8 heteroatoms. The molecule has 2 heterocycles. The minimum absolute atomic E-state index is 0.0439. The number of hydrogen-bond donors (Lipinski definition) is 2. The molecule has 2 aromatic heterocycles. The van der Waals surface area contributed by atoms with Gasteiger partial charge < -0.3 is 15.2 Å². The predicted molar refractivity (Wildman–Crippen MR) is 110 cm³/mol. The Hall–Kier alpha value is -3.55. The molecule has 1 aliphatic carbocycles. The largest absolute Gasteiger partial charge is 0.353 e. The van der Waals surface area contributed by atoms with E-state index in [1.54, 1.807) is 12.4 Å². The second-order valence-electron chi connectivity index (χ2n) is 7.36. The zero-order valence-electron chi connectivity index (χ0n) is 16.5. The van der Waals surface area contributed by atoms with Crippen LogP contribution in [0.4, 0.5) is 5.69 Å². The second kappa shape index (κ2) is 9.30. The van der Waals surface area contributed by atoms with Gasteiger partial charge in [-0.2, -0.15) is 4.98 Å². The first-order chi connectivity index (χ1) is 14.7. The molecule has 8 nitrogen and oxygen atoms in total. The molecule has 2 amide bonds. The first-order valence-electron chi connectivity index (χ1n) is 10.1. The summed E-state index contributed by atoms with van der Waals surface area (Å²) < 4.78 is 5.25. The number of pyridine rings is 1. The number of nitrogens with one attached hydrogen (secondary N) is 2. The molecule has 0 atom stereocenters. The number of anilines is 1. The molecule has 1 saturated carbocycles. The van der Waals surface area contributed by atoms with Crippen molar-refractivity contribution in [3.05, 3.63) is 60.2 Å². The summed E-state index contributed by atoms with van der Waals surface area (Å²) in [7, 11) is 0. The van der Waals surface area contributed by atoms with Gasteiger partial charge in [0.1, 0.15) is 0 Å². The third-order valence-electron chi connectivity index (χ3n) is 4.75.